The summed E-state index contributed by atoms with van der Waals surface area (Å²) < 4.78 is 0. The molecule has 2 rings (SSSR count). The molecule has 1 unspecified atom stereocenters. The number of nitrogens with zero attached hydrogens (tertiary/aromatic N) is 2. The fourth-order valence-corrected chi connectivity index (χ4v) is 2.82. The monoisotopic (exact) mass is 278 g/mol. The van der Waals surface area contributed by atoms with Crippen LogP contribution in [0.5, 0.6) is 0 Å². The Kier molecular flexibility index (Phi) is 4.81. The average Bonchev–Trinajstić information content (AvgIpc) is 2.90. The van der Waals surface area contributed by atoms with Crippen LogP contribution in [0.15, 0.2) is 23.3 Å². The van der Waals surface area contributed by atoms with E-state index >= 15 is 0 Å². The maximum absolute atomic E-state index is 11.7. The van der Waals surface area contributed by atoms with E-state index in [1.54, 1.807) is 12.4 Å². The van der Waals surface area contributed by atoms with Crippen molar-refractivity contribution in [2.24, 2.45) is 0 Å². The van der Waals surface area contributed by atoms with Gasteiger partial charge in [0.1, 0.15) is 5.01 Å². The van der Waals surface area contributed by atoms with Gasteiger partial charge in [0.25, 0.3) is 0 Å². The predicted molar refractivity (Wildman–Crippen MR) is 77.3 cm³/mol. The van der Waals surface area contributed by atoms with Crippen LogP contribution in [-0.2, 0) is 0 Å². The molecule has 0 aliphatic carbocycles. The van der Waals surface area contributed by atoms with Crippen molar-refractivity contribution in [3.8, 4) is 10.6 Å². The number of aromatic amines is 1. The second-order valence-electron chi connectivity index (χ2n) is 4.28. The SMILES string of the molecule is CCCNC(CC)c1nnc(-c2c[nH]ccc2=O)s1. The Hall–Kier alpha value is -1.53. The van der Waals surface area contributed by atoms with Crippen LogP contribution in [0.1, 0.15) is 37.7 Å². The Labute approximate surface area is 116 Å². The molecule has 0 bridgehead atoms. The first-order chi connectivity index (χ1) is 9.26. The third-order valence-electron chi connectivity index (χ3n) is 2.84. The fourth-order valence-electron chi connectivity index (χ4n) is 1.79. The molecule has 2 aromatic rings. The lowest BCUT2D eigenvalue weighted by atomic mass is 10.2. The highest BCUT2D eigenvalue weighted by atomic mass is 32.1. The fraction of sp³-hybridized carbons (Fsp3) is 0.462. The van der Waals surface area contributed by atoms with Gasteiger partial charge in [-0.1, -0.05) is 25.2 Å². The van der Waals surface area contributed by atoms with Crippen molar-refractivity contribution < 1.29 is 0 Å². The number of hydrogen-bond donors (Lipinski definition) is 2. The van der Waals surface area contributed by atoms with Crippen LogP contribution in [0.4, 0.5) is 0 Å². The molecule has 19 heavy (non-hydrogen) atoms. The number of rotatable bonds is 6. The highest BCUT2D eigenvalue weighted by molar-refractivity contribution is 7.14. The van der Waals surface area contributed by atoms with Gasteiger partial charge in [0.2, 0.25) is 0 Å². The summed E-state index contributed by atoms with van der Waals surface area (Å²) in [6, 6.07) is 1.72. The minimum Gasteiger partial charge on any atom is -0.367 e. The molecule has 2 N–H and O–H groups in total. The molecule has 5 nitrogen and oxygen atoms in total. The Morgan fingerprint density at radius 3 is 2.95 bits per heavy atom. The molecule has 0 aliphatic heterocycles. The number of hydrogen-bond acceptors (Lipinski definition) is 5. The van der Waals surface area contributed by atoms with Crippen molar-refractivity contribution in [3.05, 3.63) is 33.7 Å². The van der Waals surface area contributed by atoms with Crippen molar-refractivity contribution in [1.82, 2.24) is 20.5 Å². The van der Waals surface area contributed by atoms with E-state index in [-0.39, 0.29) is 11.5 Å². The van der Waals surface area contributed by atoms with Crippen molar-refractivity contribution in [2.45, 2.75) is 32.7 Å². The summed E-state index contributed by atoms with van der Waals surface area (Å²) in [6.45, 7) is 5.21. The van der Waals surface area contributed by atoms with Crippen molar-refractivity contribution in [2.75, 3.05) is 6.54 Å². The van der Waals surface area contributed by atoms with Crippen molar-refractivity contribution >= 4 is 11.3 Å². The van der Waals surface area contributed by atoms with Crippen LogP contribution in [0.3, 0.4) is 0 Å². The minimum absolute atomic E-state index is 0.0315. The zero-order valence-electron chi connectivity index (χ0n) is 11.1. The molecule has 1 atom stereocenters. The van der Waals surface area contributed by atoms with E-state index in [2.05, 4.69) is 34.3 Å². The summed E-state index contributed by atoms with van der Waals surface area (Å²) in [4.78, 5) is 14.7. The van der Waals surface area contributed by atoms with E-state index in [1.165, 1.54) is 17.4 Å². The molecule has 0 aromatic carbocycles. The van der Waals surface area contributed by atoms with E-state index in [9.17, 15) is 4.79 Å². The zero-order chi connectivity index (χ0) is 13.7. The third kappa shape index (κ3) is 3.27. The highest BCUT2D eigenvalue weighted by Gasteiger charge is 2.16. The molecule has 102 valence electrons. The van der Waals surface area contributed by atoms with E-state index in [0.717, 1.165) is 24.4 Å². The molecular weight excluding hydrogens is 260 g/mol. The molecule has 0 saturated heterocycles. The van der Waals surface area contributed by atoms with Crippen molar-refractivity contribution in [3.63, 3.8) is 0 Å². The van der Waals surface area contributed by atoms with E-state index in [1.807, 2.05) is 0 Å². The first-order valence-electron chi connectivity index (χ1n) is 6.50. The minimum atomic E-state index is -0.0315. The van der Waals surface area contributed by atoms with Gasteiger partial charge in [0.15, 0.2) is 10.4 Å². The summed E-state index contributed by atoms with van der Waals surface area (Å²) in [7, 11) is 0. The van der Waals surface area contributed by atoms with Crippen molar-refractivity contribution in [1.29, 1.82) is 0 Å². The predicted octanol–water partition coefficient (Wildman–Crippen LogP) is 2.34. The van der Waals surface area contributed by atoms with E-state index in [0.29, 0.717) is 10.6 Å². The number of nitrogens with one attached hydrogen (secondary N) is 2. The average molecular weight is 278 g/mol. The molecule has 0 spiro atoms. The van der Waals surface area contributed by atoms with E-state index in [4.69, 9.17) is 0 Å². The third-order valence-corrected chi connectivity index (χ3v) is 3.91. The molecule has 0 radical (unpaired) electrons. The zero-order valence-corrected chi connectivity index (χ0v) is 12.0. The second kappa shape index (κ2) is 6.58. The Bertz CT molecular complexity index is 578. The van der Waals surface area contributed by atoms with E-state index < -0.39 is 0 Å². The van der Waals surface area contributed by atoms with Gasteiger partial charge in [-0.2, -0.15) is 0 Å². The lowest BCUT2D eigenvalue weighted by Gasteiger charge is -2.12. The van der Waals surface area contributed by atoms with Gasteiger partial charge < -0.3 is 10.3 Å². The summed E-state index contributed by atoms with van der Waals surface area (Å²) in [5.74, 6) is 0. The summed E-state index contributed by atoms with van der Waals surface area (Å²) in [5.41, 5.74) is 0.549. The quantitative estimate of drug-likeness (QED) is 0.851. The first kappa shape index (κ1) is 13.9. The molecule has 0 saturated carbocycles. The number of aromatic nitrogens is 3. The number of pyridine rings is 1. The lowest BCUT2D eigenvalue weighted by Crippen LogP contribution is -2.21. The van der Waals surface area contributed by atoms with Crippen LogP contribution in [0.25, 0.3) is 10.6 Å². The van der Waals surface area contributed by atoms with Crippen LogP contribution in [0.2, 0.25) is 0 Å². The van der Waals surface area contributed by atoms with Gasteiger partial charge >= 0.3 is 0 Å². The lowest BCUT2D eigenvalue weighted by molar-refractivity contribution is 0.513. The molecule has 6 heteroatoms. The van der Waals surface area contributed by atoms with Gasteiger partial charge in [0.05, 0.1) is 11.6 Å². The topological polar surface area (TPSA) is 70.7 Å². The maximum atomic E-state index is 11.7. The molecule has 0 aliphatic rings. The summed E-state index contributed by atoms with van der Waals surface area (Å²) in [5, 5.41) is 13.4. The molecular formula is C13H18N4OS. The number of H-pyrrole nitrogens is 1. The molecule has 0 fully saturated rings. The summed E-state index contributed by atoms with van der Waals surface area (Å²) >= 11 is 1.48. The van der Waals surface area contributed by atoms with Crippen LogP contribution in [-0.4, -0.2) is 21.7 Å². The molecule has 0 amide bonds. The van der Waals surface area contributed by atoms with Crippen LogP contribution >= 0.6 is 11.3 Å². The summed E-state index contributed by atoms with van der Waals surface area (Å²) in [6.07, 6.45) is 5.33. The smallest absolute Gasteiger partial charge is 0.191 e. The molecule has 2 heterocycles. The maximum Gasteiger partial charge on any atom is 0.191 e. The normalized spacial score (nSPS) is 12.5. The van der Waals surface area contributed by atoms with Crippen LogP contribution in [0, 0.1) is 0 Å². The second-order valence-corrected chi connectivity index (χ2v) is 5.29. The van der Waals surface area contributed by atoms with Gasteiger partial charge in [-0.05, 0) is 19.4 Å². The Balaban J connectivity index is 2.23. The van der Waals surface area contributed by atoms with Gasteiger partial charge in [0, 0.05) is 18.5 Å². The van der Waals surface area contributed by atoms with Gasteiger partial charge in [-0.25, -0.2) is 0 Å². The highest BCUT2D eigenvalue weighted by Crippen LogP contribution is 2.25. The molecule has 2 aromatic heterocycles. The van der Waals surface area contributed by atoms with Gasteiger partial charge in [-0.3, -0.25) is 4.79 Å². The standard InChI is InChI=1S/C13H18N4OS/c1-3-6-15-10(4-2)13-17-16-12(19-13)9-8-14-7-5-11(9)18/h5,7-8,10,15H,3-4,6H2,1-2H3,(H,14,18). The largest absolute Gasteiger partial charge is 0.367 e. The Morgan fingerprint density at radius 1 is 1.42 bits per heavy atom. The Morgan fingerprint density at radius 2 is 2.26 bits per heavy atom. The van der Waals surface area contributed by atoms with Crippen LogP contribution < -0.4 is 10.7 Å². The first-order valence-corrected chi connectivity index (χ1v) is 7.32. The van der Waals surface area contributed by atoms with Gasteiger partial charge in [-0.15, -0.1) is 10.2 Å².